The Morgan fingerprint density at radius 2 is 1.87 bits per heavy atom. The van der Waals surface area contributed by atoms with Crippen LogP contribution in [0.25, 0.3) is 0 Å². The second-order valence-corrected chi connectivity index (χ2v) is 4.34. The summed E-state index contributed by atoms with van der Waals surface area (Å²) < 4.78 is 26.0. The number of rotatable bonds is 1. The van der Waals surface area contributed by atoms with Gasteiger partial charge in [0, 0.05) is 12.1 Å². The first-order valence-corrected chi connectivity index (χ1v) is 5.34. The normalized spacial score (nSPS) is 26.6. The molecule has 1 fully saturated rings. The molecule has 2 unspecified atom stereocenters. The van der Waals surface area contributed by atoms with Crippen LogP contribution in [0.1, 0.15) is 31.4 Å². The van der Waals surface area contributed by atoms with Gasteiger partial charge in [-0.05, 0) is 43.0 Å². The van der Waals surface area contributed by atoms with Crippen molar-refractivity contribution in [2.45, 2.75) is 25.8 Å². The van der Waals surface area contributed by atoms with Gasteiger partial charge in [-0.25, -0.2) is 8.78 Å². The van der Waals surface area contributed by atoms with Gasteiger partial charge in [-0.1, -0.05) is 6.92 Å². The summed E-state index contributed by atoms with van der Waals surface area (Å²) in [7, 11) is 0. The molecule has 1 aromatic rings. The zero-order chi connectivity index (χ0) is 10.8. The molecule has 0 bridgehead atoms. The molecule has 15 heavy (non-hydrogen) atoms. The SMILES string of the molecule is CC1CCNC(c2cc(F)cc(F)c2)C1. The molecule has 0 amide bonds. The smallest absolute Gasteiger partial charge is 0.126 e. The van der Waals surface area contributed by atoms with Crippen LogP contribution >= 0.6 is 0 Å². The van der Waals surface area contributed by atoms with E-state index in [-0.39, 0.29) is 6.04 Å². The summed E-state index contributed by atoms with van der Waals surface area (Å²) in [6.07, 6.45) is 2.08. The number of piperidine rings is 1. The van der Waals surface area contributed by atoms with E-state index >= 15 is 0 Å². The summed E-state index contributed by atoms with van der Waals surface area (Å²) in [6.45, 7) is 3.09. The van der Waals surface area contributed by atoms with Gasteiger partial charge in [0.1, 0.15) is 11.6 Å². The van der Waals surface area contributed by atoms with Crippen LogP contribution in [0, 0.1) is 17.6 Å². The van der Waals surface area contributed by atoms with Crippen molar-refractivity contribution in [3.05, 3.63) is 35.4 Å². The number of nitrogens with one attached hydrogen (secondary N) is 1. The zero-order valence-electron chi connectivity index (χ0n) is 8.76. The first-order valence-electron chi connectivity index (χ1n) is 5.34. The van der Waals surface area contributed by atoms with E-state index in [1.165, 1.54) is 12.1 Å². The molecule has 1 aromatic carbocycles. The predicted octanol–water partition coefficient (Wildman–Crippen LogP) is 3.03. The van der Waals surface area contributed by atoms with Gasteiger partial charge in [0.2, 0.25) is 0 Å². The molecule has 1 saturated heterocycles. The van der Waals surface area contributed by atoms with Crippen LogP contribution in [-0.4, -0.2) is 6.54 Å². The largest absolute Gasteiger partial charge is 0.310 e. The van der Waals surface area contributed by atoms with Crippen LogP contribution in [0.3, 0.4) is 0 Å². The molecule has 0 aromatic heterocycles. The minimum atomic E-state index is -0.495. The molecule has 2 atom stereocenters. The first kappa shape index (κ1) is 10.6. The van der Waals surface area contributed by atoms with Gasteiger partial charge in [0.25, 0.3) is 0 Å². The fraction of sp³-hybridized carbons (Fsp3) is 0.500. The van der Waals surface area contributed by atoms with Gasteiger partial charge >= 0.3 is 0 Å². The highest BCUT2D eigenvalue weighted by Crippen LogP contribution is 2.27. The van der Waals surface area contributed by atoms with Crippen molar-refractivity contribution >= 4 is 0 Å². The lowest BCUT2D eigenvalue weighted by Crippen LogP contribution is -2.30. The number of hydrogen-bond donors (Lipinski definition) is 1. The van der Waals surface area contributed by atoms with Crippen LogP contribution in [0.5, 0.6) is 0 Å². The van der Waals surface area contributed by atoms with Crippen LogP contribution in [-0.2, 0) is 0 Å². The van der Waals surface area contributed by atoms with Gasteiger partial charge in [-0.2, -0.15) is 0 Å². The lowest BCUT2D eigenvalue weighted by atomic mass is 9.90. The zero-order valence-corrected chi connectivity index (χ0v) is 8.76. The Kier molecular flexibility index (Phi) is 3.00. The van der Waals surface area contributed by atoms with Gasteiger partial charge < -0.3 is 5.32 Å². The molecular weight excluding hydrogens is 196 g/mol. The summed E-state index contributed by atoms with van der Waals surface area (Å²) in [6, 6.07) is 3.84. The van der Waals surface area contributed by atoms with Gasteiger partial charge in [-0.3, -0.25) is 0 Å². The molecule has 82 valence electrons. The molecule has 1 aliphatic heterocycles. The van der Waals surface area contributed by atoms with Crippen molar-refractivity contribution < 1.29 is 8.78 Å². The minimum absolute atomic E-state index is 0.0962. The molecule has 0 saturated carbocycles. The van der Waals surface area contributed by atoms with Crippen molar-refractivity contribution in [2.24, 2.45) is 5.92 Å². The fourth-order valence-corrected chi connectivity index (χ4v) is 2.14. The van der Waals surface area contributed by atoms with Gasteiger partial charge in [0.15, 0.2) is 0 Å². The fourth-order valence-electron chi connectivity index (χ4n) is 2.14. The summed E-state index contributed by atoms with van der Waals surface area (Å²) in [5, 5.41) is 3.29. The Balaban J connectivity index is 2.20. The molecule has 0 aliphatic carbocycles. The molecule has 3 heteroatoms. The molecule has 2 rings (SSSR count). The maximum absolute atomic E-state index is 13.0. The minimum Gasteiger partial charge on any atom is -0.310 e. The van der Waals surface area contributed by atoms with Crippen molar-refractivity contribution in [2.75, 3.05) is 6.54 Å². The van der Waals surface area contributed by atoms with Crippen molar-refractivity contribution in [1.82, 2.24) is 5.32 Å². The lowest BCUT2D eigenvalue weighted by molar-refractivity contribution is 0.324. The number of halogens is 2. The topological polar surface area (TPSA) is 12.0 Å². The third-order valence-corrected chi connectivity index (χ3v) is 2.95. The van der Waals surface area contributed by atoms with Crippen molar-refractivity contribution in [1.29, 1.82) is 0 Å². The Labute approximate surface area is 88.5 Å². The standard InChI is InChI=1S/C12H15F2N/c1-8-2-3-15-12(4-8)9-5-10(13)7-11(14)6-9/h5-8,12,15H,2-4H2,1H3. The Morgan fingerprint density at radius 3 is 2.47 bits per heavy atom. The number of hydrogen-bond acceptors (Lipinski definition) is 1. The van der Waals surface area contributed by atoms with E-state index in [9.17, 15) is 8.78 Å². The molecule has 1 aliphatic rings. The maximum atomic E-state index is 13.0. The van der Waals surface area contributed by atoms with E-state index in [1.54, 1.807) is 0 Å². The van der Waals surface area contributed by atoms with Gasteiger partial charge in [0.05, 0.1) is 0 Å². The van der Waals surface area contributed by atoms with Crippen molar-refractivity contribution in [3.63, 3.8) is 0 Å². The predicted molar refractivity (Wildman–Crippen MR) is 55.5 cm³/mol. The second kappa shape index (κ2) is 4.27. The molecule has 1 nitrogen and oxygen atoms in total. The maximum Gasteiger partial charge on any atom is 0.126 e. The third-order valence-electron chi connectivity index (χ3n) is 2.95. The molecule has 1 heterocycles. The van der Waals surface area contributed by atoms with E-state index in [0.29, 0.717) is 5.92 Å². The van der Waals surface area contributed by atoms with Gasteiger partial charge in [-0.15, -0.1) is 0 Å². The van der Waals surface area contributed by atoms with E-state index in [0.717, 1.165) is 31.0 Å². The highest BCUT2D eigenvalue weighted by atomic mass is 19.1. The number of benzene rings is 1. The van der Waals surface area contributed by atoms with E-state index < -0.39 is 11.6 Å². The summed E-state index contributed by atoms with van der Waals surface area (Å²) >= 11 is 0. The Bertz CT molecular complexity index is 331. The first-order chi connectivity index (χ1) is 7.15. The summed E-state index contributed by atoms with van der Waals surface area (Å²) in [4.78, 5) is 0. The quantitative estimate of drug-likeness (QED) is 0.753. The van der Waals surface area contributed by atoms with Crippen LogP contribution < -0.4 is 5.32 Å². The molecule has 1 N–H and O–H groups in total. The van der Waals surface area contributed by atoms with Crippen LogP contribution in [0.15, 0.2) is 18.2 Å². The second-order valence-electron chi connectivity index (χ2n) is 4.34. The average Bonchev–Trinajstić information content (AvgIpc) is 2.16. The highest BCUT2D eigenvalue weighted by molar-refractivity contribution is 5.21. The molecule has 0 spiro atoms. The van der Waals surface area contributed by atoms with E-state index in [2.05, 4.69) is 12.2 Å². The Morgan fingerprint density at radius 1 is 1.20 bits per heavy atom. The average molecular weight is 211 g/mol. The Hall–Kier alpha value is -0.960. The van der Waals surface area contributed by atoms with E-state index in [1.807, 2.05) is 0 Å². The lowest BCUT2D eigenvalue weighted by Gasteiger charge is -2.28. The highest BCUT2D eigenvalue weighted by Gasteiger charge is 2.20. The third kappa shape index (κ3) is 2.53. The summed E-state index contributed by atoms with van der Waals surface area (Å²) in [5.74, 6) is -0.377. The van der Waals surface area contributed by atoms with Crippen LogP contribution in [0.2, 0.25) is 0 Å². The molecular formula is C12H15F2N. The monoisotopic (exact) mass is 211 g/mol. The van der Waals surface area contributed by atoms with Crippen molar-refractivity contribution in [3.8, 4) is 0 Å². The molecule has 0 radical (unpaired) electrons. The van der Waals surface area contributed by atoms with Crippen LogP contribution in [0.4, 0.5) is 8.78 Å². The summed E-state index contributed by atoms with van der Waals surface area (Å²) in [5.41, 5.74) is 0.721. The van der Waals surface area contributed by atoms with E-state index in [4.69, 9.17) is 0 Å².